The molecular weight excluding hydrogens is 258 g/mol. The van der Waals surface area contributed by atoms with Crippen molar-refractivity contribution in [1.82, 2.24) is 10.3 Å². The van der Waals surface area contributed by atoms with E-state index in [9.17, 15) is 8.42 Å². The number of thiazole rings is 1. The molecule has 0 aliphatic rings. The lowest BCUT2D eigenvalue weighted by Gasteiger charge is -2.05. The van der Waals surface area contributed by atoms with Crippen LogP contribution in [-0.4, -0.2) is 26.5 Å². The third-order valence-electron chi connectivity index (χ3n) is 2.03. The first kappa shape index (κ1) is 14.6. The molecular formula is C10H19N3O2S2. The van der Waals surface area contributed by atoms with Gasteiger partial charge >= 0.3 is 0 Å². The maximum Gasteiger partial charge on any atom is 0.215 e. The second-order valence-electron chi connectivity index (χ2n) is 4.39. The summed E-state index contributed by atoms with van der Waals surface area (Å²) in [6.07, 6.45) is 0.813. The van der Waals surface area contributed by atoms with Crippen LogP contribution in [0.2, 0.25) is 0 Å². The van der Waals surface area contributed by atoms with Crippen LogP contribution in [0.15, 0.2) is 5.38 Å². The molecule has 0 saturated carbocycles. The second-order valence-corrected chi connectivity index (χ2v) is 6.94. The van der Waals surface area contributed by atoms with Gasteiger partial charge in [-0.05, 0) is 12.5 Å². The smallest absolute Gasteiger partial charge is 0.215 e. The fourth-order valence-electron chi connectivity index (χ4n) is 1.31. The number of hydrogen-bond acceptors (Lipinski definition) is 5. The predicted octanol–water partition coefficient (Wildman–Crippen LogP) is 0.720. The van der Waals surface area contributed by atoms with Gasteiger partial charge in [0.15, 0.2) is 0 Å². The highest BCUT2D eigenvalue weighted by atomic mass is 32.2. The van der Waals surface area contributed by atoms with E-state index < -0.39 is 10.0 Å². The maximum absolute atomic E-state index is 10.9. The van der Waals surface area contributed by atoms with Gasteiger partial charge in [-0.1, -0.05) is 13.8 Å². The highest BCUT2D eigenvalue weighted by Gasteiger charge is 2.09. The molecule has 0 aromatic carbocycles. The Hall–Kier alpha value is -0.500. The first-order valence-corrected chi connectivity index (χ1v) is 8.11. The normalized spacial score (nSPS) is 12.2. The highest BCUT2D eigenvalue weighted by Crippen LogP contribution is 2.12. The first-order chi connectivity index (χ1) is 7.87. The summed E-state index contributed by atoms with van der Waals surface area (Å²) in [7, 11) is -3.47. The molecule has 3 N–H and O–H groups in total. The van der Waals surface area contributed by atoms with Gasteiger partial charge < -0.3 is 5.32 Å². The van der Waals surface area contributed by atoms with E-state index in [0.29, 0.717) is 10.9 Å². The van der Waals surface area contributed by atoms with Crippen molar-refractivity contribution in [3.63, 3.8) is 0 Å². The zero-order valence-corrected chi connectivity index (χ0v) is 11.8. The minimum atomic E-state index is -3.47. The van der Waals surface area contributed by atoms with Crippen molar-refractivity contribution in [2.45, 2.75) is 26.0 Å². The van der Waals surface area contributed by atoms with Crippen LogP contribution in [0.5, 0.6) is 0 Å². The minimum absolute atomic E-state index is 0.170. The lowest BCUT2D eigenvalue weighted by Crippen LogP contribution is -2.22. The summed E-state index contributed by atoms with van der Waals surface area (Å²) in [5, 5.41) is 10.7. The number of aromatic nitrogens is 1. The van der Waals surface area contributed by atoms with Crippen molar-refractivity contribution in [2.75, 3.05) is 13.1 Å². The van der Waals surface area contributed by atoms with Crippen LogP contribution in [0.1, 0.15) is 24.5 Å². The quantitative estimate of drug-likeness (QED) is 0.719. The molecule has 0 aliphatic carbocycles. The number of nitrogens with one attached hydrogen (secondary N) is 1. The summed E-state index contributed by atoms with van der Waals surface area (Å²) < 4.78 is 21.8. The van der Waals surface area contributed by atoms with Crippen LogP contribution >= 0.6 is 11.3 Å². The number of nitrogens with two attached hydrogens (primary N) is 1. The van der Waals surface area contributed by atoms with E-state index in [1.54, 1.807) is 0 Å². The lowest BCUT2D eigenvalue weighted by atomic mass is 10.2. The van der Waals surface area contributed by atoms with Gasteiger partial charge in [0.2, 0.25) is 10.0 Å². The molecule has 0 radical (unpaired) electrons. The van der Waals surface area contributed by atoms with Crippen LogP contribution in [-0.2, 0) is 22.2 Å². The van der Waals surface area contributed by atoms with Gasteiger partial charge in [-0.3, -0.25) is 0 Å². The van der Waals surface area contributed by atoms with Gasteiger partial charge in [-0.15, -0.1) is 11.3 Å². The fourth-order valence-corrected chi connectivity index (χ4v) is 3.10. The van der Waals surface area contributed by atoms with Crippen LogP contribution in [0.4, 0.5) is 0 Å². The molecule has 0 bridgehead atoms. The van der Waals surface area contributed by atoms with Gasteiger partial charge in [0.1, 0.15) is 10.8 Å². The Morgan fingerprint density at radius 2 is 2.24 bits per heavy atom. The standard InChI is InChI=1S/C10H19N3O2S2/c1-8(2)5-12-4-3-9-6-16-10(13-9)7-17(11,14)15/h6,8,12H,3-5,7H2,1-2H3,(H2,11,14,15). The average molecular weight is 277 g/mol. The molecule has 0 amide bonds. The van der Waals surface area contributed by atoms with Crippen molar-refractivity contribution in [1.29, 1.82) is 0 Å². The van der Waals surface area contributed by atoms with Gasteiger partial charge in [-0.2, -0.15) is 0 Å². The highest BCUT2D eigenvalue weighted by molar-refractivity contribution is 7.88. The molecule has 0 fully saturated rings. The summed E-state index contributed by atoms with van der Waals surface area (Å²) in [5.74, 6) is 0.459. The Morgan fingerprint density at radius 3 is 2.82 bits per heavy atom. The molecule has 7 heteroatoms. The maximum atomic E-state index is 10.9. The van der Waals surface area contributed by atoms with Gasteiger partial charge in [0, 0.05) is 18.3 Å². The van der Waals surface area contributed by atoms with E-state index >= 15 is 0 Å². The third kappa shape index (κ3) is 6.72. The summed E-state index contributed by atoms with van der Waals surface area (Å²) in [6, 6.07) is 0. The van der Waals surface area contributed by atoms with E-state index in [-0.39, 0.29) is 5.75 Å². The number of hydrogen-bond donors (Lipinski definition) is 2. The Morgan fingerprint density at radius 1 is 1.53 bits per heavy atom. The van der Waals surface area contributed by atoms with Crippen LogP contribution in [0, 0.1) is 5.92 Å². The average Bonchev–Trinajstić information content (AvgIpc) is 2.57. The molecule has 1 heterocycles. The first-order valence-electron chi connectivity index (χ1n) is 5.51. The fraction of sp³-hybridized carbons (Fsp3) is 0.700. The van der Waals surface area contributed by atoms with Crippen molar-refractivity contribution >= 4 is 21.4 Å². The van der Waals surface area contributed by atoms with Gasteiger partial charge in [0.25, 0.3) is 0 Å². The molecule has 1 rings (SSSR count). The number of rotatable bonds is 7. The minimum Gasteiger partial charge on any atom is -0.316 e. The van der Waals surface area contributed by atoms with E-state index in [0.717, 1.165) is 25.2 Å². The van der Waals surface area contributed by atoms with Crippen molar-refractivity contribution in [2.24, 2.45) is 11.1 Å². The second kappa shape index (κ2) is 6.44. The molecule has 1 aromatic rings. The predicted molar refractivity (Wildman–Crippen MR) is 70.3 cm³/mol. The van der Waals surface area contributed by atoms with Crippen molar-refractivity contribution < 1.29 is 8.42 Å². The monoisotopic (exact) mass is 277 g/mol. The topological polar surface area (TPSA) is 85.1 Å². The van der Waals surface area contributed by atoms with E-state index in [4.69, 9.17) is 5.14 Å². The SMILES string of the molecule is CC(C)CNCCc1csc(CS(N)(=O)=O)n1. The summed E-state index contributed by atoms with van der Waals surface area (Å²) in [4.78, 5) is 4.23. The van der Waals surface area contributed by atoms with Crippen molar-refractivity contribution in [3.05, 3.63) is 16.1 Å². The number of nitrogens with zero attached hydrogens (tertiary/aromatic N) is 1. The molecule has 98 valence electrons. The molecule has 5 nitrogen and oxygen atoms in total. The molecule has 0 spiro atoms. The van der Waals surface area contributed by atoms with E-state index in [1.165, 1.54) is 11.3 Å². The molecule has 0 saturated heterocycles. The van der Waals surface area contributed by atoms with Crippen molar-refractivity contribution in [3.8, 4) is 0 Å². The largest absolute Gasteiger partial charge is 0.316 e. The van der Waals surface area contributed by atoms with E-state index in [1.807, 2.05) is 5.38 Å². The van der Waals surface area contributed by atoms with Gasteiger partial charge in [-0.25, -0.2) is 18.5 Å². The summed E-state index contributed by atoms with van der Waals surface area (Å²) in [5.41, 5.74) is 0.921. The Bertz CT molecular complexity index is 440. The number of primary sulfonamides is 1. The van der Waals surface area contributed by atoms with Gasteiger partial charge in [0.05, 0.1) is 5.69 Å². The molecule has 0 atom stereocenters. The van der Waals surface area contributed by atoms with Crippen LogP contribution < -0.4 is 10.5 Å². The van der Waals surface area contributed by atoms with Crippen LogP contribution in [0.25, 0.3) is 0 Å². The van der Waals surface area contributed by atoms with E-state index in [2.05, 4.69) is 24.1 Å². The zero-order chi connectivity index (χ0) is 12.9. The molecule has 17 heavy (non-hydrogen) atoms. The molecule has 0 unspecified atom stereocenters. The Balaban J connectivity index is 2.36. The summed E-state index contributed by atoms with van der Waals surface area (Å²) in [6.45, 7) is 6.14. The lowest BCUT2D eigenvalue weighted by molar-refractivity contribution is 0.553. The molecule has 0 aliphatic heterocycles. The zero-order valence-electron chi connectivity index (χ0n) is 10.1. The third-order valence-corrected chi connectivity index (χ3v) is 3.79. The summed E-state index contributed by atoms with van der Waals surface area (Å²) >= 11 is 1.34. The number of sulfonamides is 1. The Kier molecular flexibility index (Phi) is 5.51. The molecule has 1 aromatic heterocycles. The van der Waals surface area contributed by atoms with Crippen LogP contribution in [0.3, 0.4) is 0 Å². The Labute approximate surface area is 106 Å².